The van der Waals surface area contributed by atoms with Crippen LogP contribution in [-0.2, 0) is 4.79 Å². The van der Waals surface area contributed by atoms with Crippen LogP contribution in [-0.4, -0.2) is 37.0 Å². The molecule has 19 heavy (non-hydrogen) atoms. The van der Waals surface area contributed by atoms with Gasteiger partial charge in [0.2, 0.25) is 5.91 Å². The topological polar surface area (TPSA) is 32.3 Å². The van der Waals surface area contributed by atoms with Crippen molar-refractivity contribution in [3.63, 3.8) is 0 Å². The Morgan fingerprint density at radius 2 is 1.95 bits per heavy atom. The van der Waals surface area contributed by atoms with Crippen LogP contribution < -0.4 is 5.32 Å². The molecule has 108 valence electrons. The quantitative estimate of drug-likeness (QED) is 0.831. The van der Waals surface area contributed by atoms with Gasteiger partial charge in [0.05, 0.1) is 0 Å². The minimum atomic E-state index is 0.405. The van der Waals surface area contributed by atoms with E-state index in [1.807, 2.05) is 0 Å². The first-order valence-electron chi connectivity index (χ1n) is 8.26. The van der Waals surface area contributed by atoms with Crippen molar-refractivity contribution in [2.75, 3.05) is 26.2 Å². The van der Waals surface area contributed by atoms with E-state index in [0.717, 1.165) is 32.6 Å². The zero-order valence-corrected chi connectivity index (χ0v) is 12.1. The second-order valence-corrected chi connectivity index (χ2v) is 7.05. The lowest BCUT2D eigenvalue weighted by Crippen LogP contribution is -2.52. The third-order valence-corrected chi connectivity index (χ3v) is 5.51. The Kier molecular flexibility index (Phi) is 4.11. The molecule has 2 heterocycles. The molecule has 3 aliphatic rings. The Balaban J connectivity index is 1.56. The molecule has 0 bridgehead atoms. The van der Waals surface area contributed by atoms with Gasteiger partial charge in [-0.2, -0.15) is 0 Å². The normalized spacial score (nSPS) is 32.9. The van der Waals surface area contributed by atoms with E-state index >= 15 is 0 Å². The maximum absolute atomic E-state index is 12.5. The van der Waals surface area contributed by atoms with Crippen LogP contribution in [0.5, 0.6) is 0 Å². The number of carbonyl (C=O) groups excluding carboxylic acids is 1. The molecule has 3 rings (SSSR count). The lowest BCUT2D eigenvalue weighted by molar-refractivity contribution is -0.136. The van der Waals surface area contributed by atoms with Gasteiger partial charge in [0, 0.05) is 31.5 Å². The smallest absolute Gasteiger partial charge is 0.222 e. The van der Waals surface area contributed by atoms with E-state index in [4.69, 9.17) is 0 Å². The number of nitrogens with zero attached hydrogens (tertiary/aromatic N) is 1. The monoisotopic (exact) mass is 264 g/mol. The molecule has 1 aliphatic carbocycles. The van der Waals surface area contributed by atoms with Gasteiger partial charge >= 0.3 is 0 Å². The van der Waals surface area contributed by atoms with Gasteiger partial charge in [-0.25, -0.2) is 0 Å². The summed E-state index contributed by atoms with van der Waals surface area (Å²) in [7, 11) is 0. The Labute approximate surface area is 117 Å². The first-order chi connectivity index (χ1) is 9.27. The van der Waals surface area contributed by atoms with E-state index in [0.29, 0.717) is 17.2 Å². The van der Waals surface area contributed by atoms with E-state index in [-0.39, 0.29) is 0 Å². The summed E-state index contributed by atoms with van der Waals surface area (Å²) in [6, 6.07) is 0. The molecule has 2 aliphatic heterocycles. The molecule has 1 spiro atoms. The Morgan fingerprint density at radius 1 is 1.16 bits per heavy atom. The Morgan fingerprint density at radius 3 is 2.68 bits per heavy atom. The van der Waals surface area contributed by atoms with Gasteiger partial charge in [0.1, 0.15) is 0 Å². The van der Waals surface area contributed by atoms with Crippen LogP contribution in [0.15, 0.2) is 0 Å². The van der Waals surface area contributed by atoms with Gasteiger partial charge in [0.25, 0.3) is 0 Å². The predicted molar refractivity (Wildman–Crippen MR) is 76.9 cm³/mol. The van der Waals surface area contributed by atoms with Crippen molar-refractivity contribution in [2.45, 2.75) is 57.8 Å². The molecule has 1 atom stereocenters. The van der Waals surface area contributed by atoms with E-state index in [9.17, 15) is 4.79 Å². The first-order valence-corrected chi connectivity index (χ1v) is 8.26. The van der Waals surface area contributed by atoms with Crippen LogP contribution in [0.3, 0.4) is 0 Å². The molecule has 0 aromatic rings. The van der Waals surface area contributed by atoms with Crippen LogP contribution in [0.1, 0.15) is 57.8 Å². The summed E-state index contributed by atoms with van der Waals surface area (Å²) in [5.74, 6) is 1.13. The molecule has 2 saturated heterocycles. The first kappa shape index (κ1) is 13.4. The van der Waals surface area contributed by atoms with Crippen molar-refractivity contribution in [3.05, 3.63) is 0 Å². The average Bonchev–Trinajstić information content (AvgIpc) is 2.92. The summed E-state index contributed by atoms with van der Waals surface area (Å²) < 4.78 is 0. The van der Waals surface area contributed by atoms with Gasteiger partial charge in [-0.3, -0.25) is 4.79 Å². The zero-order chi connectivity index (χ0) is 13.1. The highest BCUT2D eigenvalue weighted by Gasteiger charge is 2.38. The largest absolute Gasteiger partial charge is 0.342 e. The molecule has 1 amide bonds. The van der Waals surface area contributed by atoms with Crippen LogP contribution in [0.2, 0.25) is 0 Å². The van der Waals surface area contributed by atoms with E-state index in [1.54, 1.807) is 0 Å². The van der Waals surface area contributed by atoms with Gasteiger partial charge in [-0.15, -0.1) is 0 Å². The number of hydrogen-bond donors (Lipinski definition) is 1. The fourth-order valence-corrected chi connectivity index (χ4v) is 4.39. The summed E-state index contributed by atoms with van der Waals surface area (Å²) >= 11 is 0. The zero-order valence-electron chi connectivity index (χ0n) is 12.1. The molecule has 1 unspecified atom stereocenters. The van der Waals surface area contributed by atoms with Crippen molar-refractivity contribution in [3.8, 4) is 0 Å². The van der Waals surface area contributed by atoms with Crippen LogP contribution in [0.25, 0.3) is 0 Å². The van der Waals surface area contributed by atoms with E-state index in [1.165, 1.54) is 51.4 Å². The molecule has 0 aromatic heterocycles. The van der Waals surface area contributed by atoms with Crippen molar-refractivity contribution in [2.24, 2.45) is 11.3 Å². The van der Waals surface area contributed by atoms with Gasteiger partial charge in [-0.05, 0) is 51.0 Å². The molecule has 3 nitrogen and oxygen atoms in total. The molecule has 0 aromatic carbocycles. The van der Waals surface area contributed by atoms with Gasteiger partial charge in [0.15, 0.2) is 0 Å². The number of hydrogen-bond acceptors (Lipinski definition) is 2. The van der Waals surface area contributed by atoms with E-state index in [2.05, 4.69) is 10.2 Å². The summed E-state index contributed by atoms with van der Waals surface area (Å²) in [5, 5.41) is 3.54. The maximum atomic E-state index is 12.5. The fourth-order valence-electron chi connectivity index (χ4n) is 4.39. The SMILES string of the molecule is O=C(CC1CCCC1)N1CCCC2(CCCNC2)C1. The maximum Gasteiger partial charge on any atom is 0.222 e. The summed E-state index contributed by atoms with van der Waals surface area (Å²) in [5.41, 5.74) is 0.405. The average molecular weight is 264 g/mol. The fraction of sp³-hybridized carbons (Fsp3) is 0.938. The summed E-state index contributed by atoms with van der Waals surface area (Å²) in [6.45, 7) is 4.32. The number of piperidine rings is 2. The van der Waals surface area contributed by atoms with Crippen LogP contribution in [0, 0.1) is 11.3 Å². The van der Waals surface area contributed by atoms with E-state index < -0.39 is 0 Å². The Bertz CT molecular complexity index is 311. The molecular formula is C16H28N2O. The molecule has 1 N–H and O–H groups in total. The third kappa shape index (κ3) is 3.13. The molecule has 3 heteroatoms. The number of carbonyl (C=O) groups is 1. The van der Waals surface area contributed by atoms with Crippen LogP contribution >= 0.6 is 0 Å². The number of likely N-dealkylation sites (tertiary alicyclic amines) is 1. The van der Waals surface area contributed by atoms with Crippen molar-refractivity contribution >= 4 is 5.91 Å². The van der Waals surface area contributed by atoms with Crippen molar-refractivity contribution in [1.29, 1.82) is 0 Å². The molecule has 3 fully saturated rings. The van der Waals surface area contributed by atoms with Gasteiger partial charge in [-0.1, -0.05) is 12.8 Å². The Hall–Kier alpha value is -0.570. The minimum absolute atomic E-state index is 0.405. The number of amides is 1. The predicted octanol–water partition coefficient (Wildman–Crippen LogP) is 2.56. The summed E-state index contributed by atoms with van der Waals surface area (Å²) in [4.78, 5) is 14.7. The highest BCUT2D eigenvalue weighted by molar-refractivity contribution is 5.76. The van der Waals surface area contributed by atoms with Gasteiger partial charge < -0.3 is 10.2 Å². The lowest BCUT2D eigenvalue weighted by atomic mass is 9.74. The van der Waals surface area contributed by atoms with Crippen molar-refractivity contribution < 1.29 is 4.79 Å². The highest BCUT2D eigenvalue weighted by atomic mass is 16.2. The summed E-state index contributed by atoms with van der Waals surface area (Å²) in [6.07, 6.45) is 11.2. The number of rotatable bonds is 2. The molecule has 1 saturated carbocycles. The molecule has 0 radical (unpaired) electrons. The standard InChI is InChI=1S/C16H28N2O/c19-15(11-14-5-1-2-6-14)18-10-4-8-16(13-18)7-3-9-17-12-16/h14,17H,1-13H2. The highest BCUT2D eigenvalue weighted by Crippen LogP contribution is 2.36. The minimum Gasteiger partial charge on any atom is -0.342 e. The number of nitrogens with one attached hydrogen (secondary N) is 1. The second-order valence-electron chi connectivity index (χ2n) is 7.05. The second kappa shape index (κ2) is 5.82. The lowest BCUT2D eigenvalue weighted by Gasteiger charge is -2.45. The van der Waals surface area contributed by atoms with Crippen LogP contribution in [0.4, 0.5) is 0 Å². The molecular weight excluding hydrogens is 236 g/mol. The third-order valence-electron chi connectivity index (χ3n) is 5.51. The van der Waals surface area contributed by atoms with Crippen molar-refractivity contribution in [1.82, 2.24) is 10.2 Å².